The van der Waals surface area contributed by atoms with E-state index in [1.54, 1.807) is 6.07 Å². The van der Waals surface area contributed by atoms with Gasteiger partial charge in [-0.05, 0) is 49.6 Å². The van der Waals surface area contributed by atoms with E-state index in [0.717, 1.165) is 54.8 Å². The molecule has 0 amide bonds. The van der Waals surface area contributed by atoms with E-state index in [1.807, 2.05) is 6.92 Å². The highest BCUT2D eigenvalue weighted by molar-refractivity contribution is 5.87. The molecule has 140 valence electrons. The molecule has 3 aromatic rings. The second kappa shape index (κ2) is 7.20. The van der Waals surface area contributed by atoms with Crippen molar-refractivity contribution < 1.29 is 9.32 Å². The van der Waals surface area contributed by atoms with Crippen molar-refractivity contribution in [1.82, 2.24) is 0 Å². The van der Waals surface area contributed by atoms with Crippen LogP contribution >= 0.6 is 0 Å². The molecule has 4 nitrogen and oxygen atoms in total. The number of benzene rings is 2. The fourth-order valence-corrected chi connectivity index (χ4v) is 4.23. The van der Waals surface area contributed by atoms with Crippen LogP contribution in [0.1, 0.15) is 22.3 Å². The summed E-state index contributed by atoms with van der Waals surface area (Å²) in [5.74, 6) is 0. The minimum atomic E-state index is -0.243. The van der Waals surface area contributed by atoms with Crippen molar-refractivity contribution in [2.45, 2.75) is 27.3 Å². The number of rotatable bonds is 3. The van der Waals surface area contributed by atoms with Gasteiger partial charge in [0.1, 0.15) is 12.1 Å². The Hall–Kier alpha value is -2.59. The lowest BCUT2D eigenvalue weighted by Crippen LogP contribution is -3.13. The van der Waals surface area contributed by atoms with Gasteiger partial charge in [-0.1, -0.05) is 24.3 Å². The van der Waals surface area contributed by atoms with Crippen LogP contribution in [0.4, 0.5) is 5.69 Å². The molecule has 1 fully saturated rings. The van der Waals surface area contributed by atoms with Crippen LogP contribution in [0.25, 0.3) is 11.0 Å². The fourth-order valence-electron chi connectivity index (χ4n) is 4.23. The summed E-state index contributed by atoms with van der Waals surface area (Å²) in [5.41, 5.74) is 6.36. The van der Waals surface area contributed by atoms with E-state index < -0.39 is 0 Å². The zero-order valence-corrected chi connectivity index (χ0v) is 16.3. The standard InChI is InChI=1S/C23H26N2O2/c1-16-13-17(2)22-19(14-21(26)27-23(22)18(16)3)15-24-9-11-25(12-10-24)20-7-5-4-6-8-20/h4-8,13-14H,9-12,15H2,1-3H3/p+1. The van der Waals surface area contributed by atoms with Crippen LogP contribution in [0.3, 0.4) is 0 Å². The number of quaternary nitrogens is 1. The highest BCUT2D eigenvalue weighted by Gasteiger charge is 2.22. The van der Waals surface area contributed by atoms with Crippen molar-refractivity contribution in [3.63, 3.8) is 0 Å². The summed E-state index contributed by atoms with van der Waals surface area (Å²) >= 11 is 0. The van der Waals surface area contributed by atoms with Crippen LogP contribution < -0.4 is 15.4 Å². The Balaban J connectivity index is 1.58. The summed E-state index contributed by atoms with van der Waals surface area (Å²) in [6, 6.07) is 14.5. The van der Waals surface area contributed by atoms with Crippen LogP contribution in [-0.4, -0.2) is 26.2 Å². The van der Waals surface area contributed by atoms with Crippen molar-refractivity contribution in [2.75, 3.05) is 31.1 Å². The summed E-state index contributed by atoms with van der Waals surface area (Å²) in [6.07, 6.45) is 0. The monoisotopic (exact) mass is 363 g/mol. The number of nitrogens with one attached hydrogen (secondary N) is 1. The Bertz CT molecular complexity index is 1020. The van der Waals surface area contributed by atoms with E-state index in [-0.39, 0.29) is 5.63 Å². The normalized spacial score (nSPS) is 15.4. The van der Waals surface area contributed by atoms with Gasteiger partial charge in [0.05, 0.1) is 26.2 Å². The number of piperazine rings is 1. The van der Waals surface area contributed by atoms with Gasteiger partial charge in [-0.25, -0.2) is 4.79 Å². The predicted octanol–water partition coefficient (Wildman–Crippen LogP) is 2.62. The summed E-state index contributed by atoms with van der Waals surface area (Å²) in [7, 11) is 0. The first-order valence-corrected chi connectivity index (χ1v) is 9.70. The van der Waals surface area contributed by atoms with Crippen LogP contribution in [0.5, 0.6) is 0 Å². The van der Waals surface area contributed by atoms with Crippen molar-refractivity contribution in [1.29, 1.82) is 0 Å². The van der Waals surface area contributed by atoms with E-state index in [0.29, 0.717) is 0 Å². The number of anilines is 1. The molecule has 0 atom stereocenters. The van der Waals surface area contributed by atoms with E-state index in [2.05, 4.69) is 55.1 Å². The molecule has 0 saturated carbocycles. The average Bonchev–Trinajstić information content (AvgIpc) is 2.67. The second-order valence-electron chi connectivity index (χ2n) is 7.68. The molecule has 2 aromatic carbocycles. The first-order chi connectivity index (χ1) is 13.0. The topological polar surface area (TPSA) is 37.9 Å². The molecule has 1 aliphatic rings. The van der Waals surface area contributed by atoms with E-state index in [9.17, 15) is 4.79 Å². The highest BCUT2D eigenvalue weighted by Crippen LogP contribution is 2.26. The highest BCUT2D eigenvalue weighted by atomic mass is 16.4. The third-order valence-electron chi connectivity index (χ3n) is 5.83. The number of hydrogen-bond acceptors (Lipinski definition) is 3. The molecule has 1 aromatic heterocycles. The number of fused-ring (bicyclic) bond motifs is 1. The minimum absolute atomic E-state index is 0.243. The van der Waals surface area contributed by atoms with Gasteiger partial charge in [-0.3, -0.25) is 0 Å². The third kappa shape index (κ3) is 3.50. The van der Waals surface area contributed by atoms with Gasteiger partial charge in [0.15, 0.2) is 0 Å². The maximum absolute atomic E-state index is 12.2. The average molecular weight is 363 g/mol. The lowest BCUT2D eigenvalue weighted by Gasteiger charge is -2.33. The van der Waals surface area contributed by atoms with Gasteiger partial charge in [0.2, 0.25) is 0 Å². The van der Waals surface area contributed by atoms with E-state index >= 15 is 0 Å². The first kappa shape index (κ1) is 17.8. The Morgan fingerprint density at radius 3 is 2.41 bits per heavy atom. The van der Waals surface area contributed by atoms with Crippen molar-refractivity contribution in [3.8, 4) is 0 Å². The molecule has 1 saturated heterocycles. The fraction of sp³-hybridized carbons (Fsp3) is 0.348. The number of hydrogen-bond donors (Lipinski definition) is 1. The Morgan fingerprint density at radius 1 is 1.00 bits per heavy atom. The molecule has 0 spiro atoms. The maximum Gasteiger partial charge on any atom is 0.336 e. The van der Waals surface area contributed by atoms with Crippen molar-refractivity contribution >= 4 is 16.7 Å². The number of aryl methyl sites for hydroxylation is 3. The molecule has 27 heavy (non-hydrogen) atoms. The molecular formula is C23H27N2O2+. The van der Waals surface area contributed by atoms with Gasteiger partial charge in [-0.15, -0.1) is 0 Å². The number of para-hydroxylation sites is 1. The van der Waals surface area contributed by atoms with Crippen LogP contribution in [0, 0.1) is 20.8 Å². The quantitative estimate of drug-likeness (QED) is 0.727. The molecule has 1 aliphatic heterocycles. The summed E-state index contributed by atoms with van der Waals surface area (Å²) in [6.45, 7) is 11.3. The Morgan fingerprint density at radius 2 is 1.70 bits per heavy atom. The van der Waals surface area contributed by atoms with Crippen LogP contribution in [0.15, 0.2) is 51.7 Å². The Labute approximate surface area is 160 Å². The third-order valence-corrected chi connectivity index (χ3v) is 5.83. The molecule has 4 heteroatoms. The largest absolute Gasteiger partial charge is 0.422 e. The molecule has 1 N–H and O–H groups in total. The molecule has 0 aliphatic carbocycles. The lowest BCUT2D eigenvalue weighted by molar-refractivity contribution is -0.914. The SMILES string of the molecule is Cc1cc(C)c2c(C[NH+]3CCN(c4ccccc4)CC3)cc(=O)oc2c1C. The first-order valence-electron chi connectivity index (χ1n) is 9.70. The van der Waals surface area contributed by atoms with Gasteiger partial charge < -0.3 is 14.2 Å². The van der Waals surface area contributed by atoms with Gasteiger partial charge in [0.25, 0.3) is 0 Å². The summed E-state index contributed by atoms with van der Waals surface area (Å²) in [4.78, 5) is 16.1. The van der Waals surface area contributed by atoms with Gasteiger partial charge >= 0.3 is 5.63 Å². The van der Waals surface area contributed by atoms with Crippen molar-refractivity contribution in [2.24, 2.45) is 0 Å². The van der Waals surface area contributed by atoms with Gasteiger partial charge in [-0.2, -0.15) is 0 Å². The maximum atomic E-state index is 12.2. The molecule has 0 radical (unpaired) electrons. The van der Waals surface area contributed by atoms with Crippen LogP contribution in [0.2, 0.25) is 0 Å². The molecule has 0 unspecified atom stereocenters. The zero-order chi connectivity index (χ0) is 19.0. The molecule has 4 rings (SSSR count). The lowest BCUT2D eigenvalue weighted by atomic mass is 9.98. The molecule has 0 bridgehead atoms. The van der Waals surface area contributed by atoms with Gasteiger partial charge in [0, 0.05) is 22.7 Å². The van der Waals surface area contributed by atoms with E-state index in [1.165, 1.54) is 21.7 Å². The molecular weight excluding hydrogens is 336 g/mol. The van der Waals surface area contributed by atoms with Crippen LogP contribution in [-0.2, 0) is 6.54 Å². The number of nitrogens with zero attached hydrogens (tertiary/aromatic N) is 1. The zero-order valence-electron chi connectivity index (χ0n) is 16.3. The van der Waals surface area contributed by atoms with E-state index in [4.69, 9.17) is 4.42 Å². The summed E-state index contributed by atoms with van der Waals surface area (Å²) < 4.78 is 5.59. The predicted molar refractivity (Wildman–Crippen MR) is 110 cm³/mol. The summed E-state index contributed by atoms with van der Waals surface area (Å²) in [5, 5.41) is 1.12. The second-order valence-corrected chi connectivity index (χ2v) is 7.68. The minimum Gasteiger partial charge on any atom is -0.422 e. The smallest absolute Gasteiger partial charge is 0.336 e. The molecule has 2 heterocycles. The Kier molecular flexibility index (Phi) is 4.75. The van der Waals surface area contributed by atoms with Crippen molar-refractivity contribution in [3.05, 3.63) is 75.1 Å².